The highest BCUT2D eigenvalue weighted by Gasteiger charge is 2.23. The fraction of sp³-hybridized carbons (Fsp3) is 0.133. The van der Waals surface area contributed by atoms with Crippen LogP contribution in [0.2, 0.25) is 0 Å². The van der Waals surface area contributed by atoms with Crippen LogP contribution >= 0.6 is 24.0 Å². The van der Waals surface area contributed by atoms with Gasteiger partial charge in [0.25, 0.3) is 5.91 Å². The lowest BCUT2D eigenvalue weighted by Crippen LogP contribution is -2.17. The SMILES string of the molecule is Cn1c(-c2ccc3c(c2)OCO3)cnc1/C=C1/SC(=S)NC1=O. The number of hydrogen-bond donors (Lipinski definition) is 1. The Morgan fingerprint density at radius 3 is 3.00 bits per heavy atom. The highest BCUT2D eigenvalue weighted by molar-refractivity contribution is 8.26. The zero-order chi connectivity index (χ0) is 16.0. The van der Waals surface area contributed by atoms with Crippen LogP contribution in [0.3, 0.4) is 0 Å². The molecule has 1 saturated heterocycles. The summed E-state index contributed by atoms with van der Waals surface area (Å²) in [5.41, 5.74) is 1.88. The van der Waals surface area contributed by atoms with Gasteiger partial charge in [0.05, 0.1) is 16.8 Å². The van der Waals surface area contributed by atoms with E-state index in [1.54, 1.807) is 12.3 Å². The van der Waals surface area contributed by atoms with Crippen LogP contribution < -0.4 is 14.8 Å². The van der Waals surface area contributed by atoms with Crippen LogP contribution in [-0.4, -0.2) is 26.6 Å². The summed E-state index contributed by atoms with van der Waals surface area (Å²) in [5, 5.41) is 2.59. The maximum Gasteiger partial charge on any atom is 0.263 e. The number of carbonyl (C=O) groups is 1. The quantitative estimate of drug-likeness (QED) is 0.666. The molecule has 6 nitrogen and oxygen atoms in total. The fourth-order valence-electron chi connectivity index (χ4n) is 2.42. The summed E-state index contributed by atoms with van der Waals surface area (Å²) in [6.07, 6.45) is 3.50. The molecule has 8 heteroatoms. The zero-order valence-electron chi connectivity index (χ0n) is 12.0. The smallest absolute Gasteiger partial charge is 0.263 e. The Morgan fingerprint density at radius 2 is 2.22 bits per heavy atom. The molecule has 0 saturated carbocycles. The average Bonchev–Trinajstić information content (AvgIpc) is 3.20. The predicted octanol–water partition coefficient (Wildman–Crippen LogP) is 2.30. The second-order valence-electron chi connectivity index (χ2n) is 4.98. The number of carbonyl (C=O) groups excluding carboxylic acids is 1. The van der Waals surface area contributed by atoms with Crippen LogP contribution in [0.15, 0.2) is 29.3 Å². The van der Waals surface area contributed by atoms with Crippen LogP contribution in [0, 0.1) is 0 Å². The first-order chi connectivity index (χ1) is 11.1. The number of hydrogen-bond acceptors (Lipinski definition) is 6. The summed E-state index contributed by atoms with van der Waals surface area (Å²) in [6.45, 7) is 0.244. The third kappa shape index (κ3) is 2.49. The molecular formula is C15H11N3O3S2. The molecule has 0 radical (unpaired) electrons. The molecule has 116 valence electrons. The number of fused-ring (bicyclic) bond motifs is 1. The minimum Gasteiger partial charge on any atom is -0.454 e. The lowest BCUT2D eigenvalue weighted by atomic mass is 10.1. The van der Waals surface area contributed by atoms with E-state index in [9.17, 15) is 4.79 Å². The van der Waals surface area contributed by atoms with Crippen LogP contribution in [0.1, 0.15) is 5.82 Å². The van der Waals surface area contributed by atoms with Gasteiger partial charge in [0, 0.05) is 18.7 Å². The number of ether oxygens (including phenoxy) is 2. The Balaban J connectivity index is 1.70. The molecule has 1 N–H and O–H groups in total. The Labute approximate surface area is 141 Å². The van der Waals surface area contributed by atoms with E-state index < -0.39 is 0 Å². The molecule has 0 atom stereocenters. The molecule has 4 rings (SSSR count). The van der Waals surface area contributed by atoms with Crippen LogP contribution in [0.4, 0.5) is 0 Å². The predicted molar refractivity (Wildman–Crippen MR) is 91.1 cm³/mol. The standard InChI is InChI=1S/C15H11N3O3S2/c1-18-9(8-2-3-10-11(4-8)21-7-20-10)6-16-13(18)5-12-14(19)17-15(22)23-12/h2-6H,7H2,1H3,(H,17,19,22)/b12-5+. The minimum absolute atomic E-state index is 0.187. The van der Waals surface area contributed by atoms with E-state index in [-0.39, 0.29) is 12.7 Å². The van der Waals surface area contributed by atoms with Crippen molar-refractivity contribution in [3.8, 4) is 22.8 Å². The van der Waals surface area contributed by atoms with Crippen molar-refractivity contribution in [2.45, 2.75) is 0 Å². The van der Waals surface area contributed by atoms with Gasteiger partial charge in [-0.3, -0.25) is 4.79 Å². The first-order valence-corrected chi connectivity index (χ1v) is 8.01. The van der Waals surface area contributed by atoms with Crippen LogP contribution in [0.25, 0.3) is 17.3 Å². The number of imidazole rings is 1. The summed E-state index contributed by atoms with van der Waals surface area (Å²) in [4.78, 5) is 16.7. The van der Waals surface area contributed by atoms with Crippen molar-refractivity contribution < 1.29 is 14.3 Å². The molecule has 1 fully saturated rings. The van der Waals surface area contributed by atoms with Gasteiger partial charge in [-0.1, -0.05) is 24.0 Å². The molecule has 0 spiro atoms. The first-order valence-electron chi connectivity index (χ1n) is 6.78. The highest BCUT2D eigenvalue weighted by Crippen LogP contribution is 2.36. The molecular weight excluding hydrogens is 334 g/mol. The zero-order valence-corrected chi connectivity index (χ0v) is 13.7. The number of aromatic nitrogens is 2. The lowest BCUT2D eigenvalue weighted by molar-refractivity contribution is -0.115. The summed E-state index contributed by atoms with van der Waals surface area (Å²) in [5.74, 6) is 1.96. The van der Waals surface area contributed by atoms with E-state index in [0.717, 1.165) is 22.8 Å². The monoisotopic (exact) mass is 345 g/mol. The van der Waals surface area contributed by atoms with Gasteiger partial charge >= 0.3 is 0 Å². The van der Waals surface area contributed by atoms with Crippen LogP contribution in [-0.2, 0) is 11.8 Å². The van der Waals surface area contributed by atoms with E-state index in [2.05, 4.69) is 10.3 Å². The third-order valence-electron chi connectivity index (χ3n) is 3.59. The number of thioether (sulfide) groups is 1. The van der Waals surface area contributed by atoms with Crippen molar-refractivity contribution in [3.05, 3.63) is 35.1 Å². The number of benzene rings is 1. The van der Waals surface area contributed by atoms with Crippen molar-refractivity contribution in [3.63, 3.8) is 0 Å². The summed E-state index contributed by atoms with van der Waals surface area (Å²) in [7, 11) is 1.90. The molecule has 0 unspecified atom stereocenters. The van der Waals surface area contributed by atoms with Gasteiger partial charge in [0.2, 0.25) is 6.79 Å². The number of thiocarbonyl (C=S) groups is 1. The van der Waals surface area contributed by atoms with Gasteiger partial charge in [-0.2, -0.15) is 0 Å². The molecule has 2 aliphatic rings. The van der Waals surface area contributed by atoms with Gasteiger partial charge in [0.1, 0.15) is 10.1 Å². The average molecular weight is 345 g/mol. The summed E-state index contributed by atoms with van der Waals surface area (Å²) >= 11 is 6.23. The van der Waals surface area contributed by atoms with E-state index >= 15 is 0 Å². The largest absolute Gasteiger partial charge is 0.454 e. The number of nitrogens with one attached hydrogen (secondary N) is 1. The maximum absolute atomic E-state index is 11.7. The van der Waals surface area contributed by atoms with Crippen molar-refractivity contribution in [2.75, 3.05) is 6.79 Å². The maximum atomic E-state index is 11.7. The van der Waals surface area contributed by atoms with Crippen molar-refractivity contribution in [1.82, 2.24) is 14.9 Å². The second kappa shape index (κ2) is 5.39. The normalized spacial score (nSPS) is 17.9. The van der Waals surface area contributed by atoms with Gasteiger partial charge in [0.15, 0.2) is 11.5 Å². The molecule has 2 aliphatic heterocycles. The molecule has 3 heterocycles. The summed E-state index contributed by atoms with van der Waals surface area (Å²) < 4.78 is 13.1. The van der Waals surface area contributed by atoms with Crippen molar-refractivity contribution in [1.29, 1.82) is 0 Å². The Bertz CT molecular complexity index is 873. The first kappa shape index (κ1) is 14.3. The number of rotatable bonds is 2. The van der Waals surface area contributed by atoms with Crippen LogP contribution in [0.5, 0.6) is 11.5 Å². The molecule has 23 heavy (non-hydrogen) atoms. The van der Waals surface area contributed by atoms with Crippen molar-refractivity contribution in [2.24, 2.45) is 7.05 Å². The van der Waals surface area contributed by atoms with Gasteiger partial charge in [-0.25, -0.2) is 4.98 Å². The third-order valence-corrected chi connectivity index (χ3v) is 4.76. The van der Waals surface area contributed by atoms with E-state index in [0.29, 0.717) is 15.1 Å². The number of nitrogens with zero attached hydrogens (tertiary/aromatic N) is 2. The molecule has 1 aromatic heterocycles. The molecule has 1 amide bonds. The highest BCUT2D eigenvalue weighted by atomic mass is 32.2. The fourth-order valence-corrected chi connectivity index (χ4v) is 3.43. The number of amides is 1. The Hall–Kier alpha value is -2.32. The van der Waals surface area contributed by atoms with Gasteiger partial charge < -0.3 is 19.4 Å². The molecule has 0 aliphatic carbocycles. The Kier molecular flexibility index (Phi) is 3.35. The topological polar surface area (TPSA) is 65.4 Å². The van der Waals surface area contributed by atoms with E-state index in [4.69, 9.17) is 21.7 Å². The lowest BCUT2D eigenvalue weighted by Gasteiger charge is -2.05. The summed E-state index contributed by atoms with van der Waals surface area (Å²) in [6, 6.07) is 5.75. The second-order valence-corrected chi connectivity index (χ2v) is 6.70. The molecule has 0 bridgehead atoms. The minimum atomic E-state index is -0.187. The van der Waals surface area contributed by atoms with E-state index in [1.165, 1.54) is 11.8 Å². The van der Waals surface area contributed by atoms with Gasteiger partial charge in [-0.05, 0) is 18.2 Å². The molecule has 1 aromatic carbocycles. The van der Waals surface area contributed by atoms with Crippen molar-refractivity contribution >= 4 is 40.3 Å². The van der Waals surface area contributed by atoms with Gasteiger partial charge in [-0.15, -0.1) is 0 Å². The Morgan fingerprint density at radius 1 is 1.39 bits per heavy atom. The molecule has 2 aromatic rings. The van der Waals surface area contributed by atoms with E-state index in [1.807, 2.05) is 29.8 Å².